The van der Waals surface area contributed by atoms with Crippen LogP contribution >= 0.6 is 0 Å². The summed E-state index contributed by atoms with van der Waals surface area (Å²) in [6.07, 6.45) is 2.19. The summed E-state index contributed by atoms with van der Waals surface area (Å²) in [4.78, 5) is 69.7. The fourth-order valence-electron chi connectivity index (χ4n) is 8.61. The number of aliphatic hydroxyl groups excluding tert-OH is 2. The van der Waals surface area contributed by atoms with Crippen LogP contribution in [0.5, 0.6) is 11.5 Å². The predicted molar refractivity (Wildman–Crippen MR) is 304 cm³/mol. The van der Waals surface area contributed by atoms with Crippen molar-refractivity contribution in [2.24, 2.45) is 0 Å². The zero-order valence-corrected chi connectivity index (χ0v) is 46.6. The lowest BCUT2D eigenvalue weighted by Gasteiger charge is -2.21. The molecule has 2 atom stereocenters. The number of imidazole rings is 2. The number of carbonyl (C=O) groups excluding carboxylic acids is 3. The first kappa shape index (κ1) is 59.3. The molecule has 79 heavy (non-hydrogen) atoms. The van der Waals surface area contributed by atoms with E-state index in [1.165, 1.54) is 11.1 Å². The summed E-state index contributed by atoms with van der Waals surface area (Å²) in [6.45, 7) is 12.3. The molecule has 4 aromatic heterocycles. The van der Waals surface area contributed by atoms with Gasteiger partial charge in [0, 0.05) is 68.3 Å². The number of hydrogen-bond acceptors (Lipinski definition) is 11. The molecule has 0 spiro atoms. The number of aromatic nitrogens is 4. The van der Waals surface area contributed by atoms with Gasteiger partial charge in [0.25, 0.3) is 0 Å². The number of allylic oxidation sites excluding steroid dienone is 1. The molecule has 4 heterocycles. The monoisotopic (exact) mass is 1070 g/mol. The lowest BCUT2D eigenvalue weighted by atomic mass is 9.82. The number of fused-ring (bicyclic) bond motifs is 3. The number of Topliss-reactive ketones (excluding diaryl/α,β-unsaturated/α-hetero) is 1. The van der Waals surface area contributed by atoms with E-state index in [0.29, 0.717) is 29.9 Å². The molecular weight excluding hydrogens is 1000 g/mol. The third-order valence-corrected chi connectivity index (χ3v) is 13.3. The van der Waals surface area contributed by atoms with E-state index < -0.39 is 24.1 Å². The fraction of sp³-hybridized carbons (Fsp3) is 0.274. The maximum absolute atomic E-state index is 12.9. The second-order valence-electron chi connectivity index (χ2n) is 20.1. The second kappa shape index (κ2) is 25.5. The molecule has 4 N–H and O–H groups in total. The molecule has 0 saturated heterocycles. The smallest absolute Gasteiger partial charge is 0.335 e. The highest BCUT2D eigenvalue weighted by Crippen LogP contribution is 2.47. The van der Waals surface area contributed by atoms with E-state index in [1.807, 2.05) is 102 Å². The van der Waals surface area contributed by atoms with Crippen molar-refractivity contribution in [3.8, 4) is 34.0 Å². The predicted octanol–water partition coefficient (Wildman–Crippen LogP) is 8.64. The third-order valence-electron chi connectivity index (χ3n) is 13.3. The molecule has 1 aliphatic carbocycles. The molecule has 2 amide bonds. The molecule has 0 aliphatic heterocycles. The van der Waals surface area contributed by atoms with E-state index in [9.17, 15) is 24.0 Å². The van der Waals surface area contributed by atoms with Crippen LogP contribution in [-0.4, -0.2) is 133 Å². The van der Waals surface area contributed by atoms with Crippen molar-refractivity contribution in [1.29, 1.82) is 0 Å². The van der Waals surface area contributed by atoms with Crippen LogP contribution < -0.4 is 9.47 Å². The minimum Gasteiger partial charge on any atom is -0.493 e. The summed E-state index contributed by atoms with van der Waals surface area (Å²) in [6, 6.07) is 38.2. The number of carbonyl (C=O) groups is 5. The summed E-state index contributed by atoms with van der Waals surface area (Å²) >= 11 is 0. The SMILES string of the molecule is COc1cc2c(cc1OC)C(C)(C)/C(=C/c1ccccc1)C2=O.Cc1ccc(-c2nc3ccc(C)cn3c2CC(=O)N(C)C)cc1.Cc1ccc(-c2nc3ccc(C)cn3c2CC(=O)N(C)C)cc1.O=C(O)C(O)C(O)C(=O)O. The number of rotatable bonds is 12. The van der Waals surface area contributed by atoms with Crippen molar-refractivity contribution < 1.29 is 53.9 Å². The summed E-state index contributed by atoms with van der Waals surface area (Å²) < 4.78 is 14.8. The first-order valence-corrected chi connectivity index (χ1v) is 25.3. The van der Waals surface area contributed by atoms with Gasteiger partial charge in [0.1, 0.15) is 11.3 Å². The van der Waals surface area contributed by atoms with Crippen molar-refractivity contribution in [2.75, 3.05) is 42.4 Å². The molecule has 17 heteroatoms. The van der Waals surface area contributed by atoms with Crippen molar-refractivity contribution >= 4 is 46.9 Å². The molecular formula is C62H68N6O11. The first-order valence-electron chi connectivity index (χ1n) is 25.3. The number of benzene rings is 4. The van der Waals surface area contributed by atoms with E-state index in [4.69, 9.17) is 39.9 Å². The number of carboxylic acid groups (broad SMARTS) is 2. The van der Waals surface area contributed by atoms with Gasteiger partial charge in [0.05, 0.1) is 49.8 Å². The van der Waals surface area contributed by atoms with Gasteiger partial charge in [-0.25, -0.2) is 19.6 Å². The number of aryl methyl sites for hydroxylation is 4. The molecule has 0 radical (unpaired) electrons. The van der Waals surface area contributed by atoms with Crippen molar-refractivity contribution in [1.82, 2.24) is 28.6 Å². The van der Waals surface area contributed by atoms with Crippen LogP contribution in [0.4, 0.5) is 0 Å². The van der Waals surface area contributed by atoms with Gasteiger partial charge in [0.2, 0.25) is 11.8 Å². The number of amides is 2. The molecule has 0 fully saturated rings. The Morgan fingerprint density at radius 1 is 0.595 bits per heavy atom. The maximum atomic E-state index is 12.9. The molecule has 0 bridgehead atoms. The highest BCUT2D eigenvalue weighted by atomic mass is 16.5. The number of likely N-dealkylation sites (N-methyl/N-ethyl adjacent to an activating group) is 2. The zero-order valence-electron chi connectivity index (χ0n) is 46.6. The molecule has 0 saturated carbocycles. The minimum absolute atomic E-state index is 0.0507. The van der Waals surface area contributed by atoms with Crippen molar-refractivity contribution in [3.05, 3.63) is 184 Å². The number of aliphatic hydroxyl groups is 2. The Labute approximate surface area is 459 Å². The number of hydrogen-bond donors (Lipinski definition) is 4. The summed E-state index contributed by atoms with van der Waals surface area (Å²) in [5.74, 6) is -2.12. The number of pyridine rings is 2. The number of methoxy groups -OCH3 is 2. The second-order valence-corrected chi connectivity index (χ2v) is 20.1. The molecule has 9 rings (SSSR count). The van der Waals surface area contributed by atoms with Crippen LogP contribution in [0.1, 0.15) is 69.0 Å². The van der Waals surface area contributed by atoms with Crippen LogP contribution in [0, 0.1) is 27.7 Å². The lowest BCUT2D eigenvalue weighted by molar-refractivity contribution is -0.165. The highest BCUT2D eigenvalue weighted by molar-refractivity contribution is 6.18. The Morgan fingerprint density at radius 3 is 1.37 bits per heavy atom. The number of carboxylic acids is 2. The van der Waals surface area contributed by atoms with Crippen LogP contribution in [0.15, 0.2) is 133 Å². The van der Waals surface area contributed by atoms with Gasteiger partial charge >= 0.3 is 11.9 Å². The summed E-state index contributed by atoms with van der Waals surface area (Å²) in [5, 5.41) is 32.5. The summed E-state index contributed by atoms with van der Waals surface area (Å²) in [5.41, 5.74) is 15.3. The van der Waals surface area contributed by atoms with Crippen LogP contribution in [0.2, 0.25) is 0 Å². The number of aliphatic carboxylic acids is 2. The molecule has 412 valence electrons. The van der Waals surface area contributed by atoms with E-state index in [-0.39, 0.29) is 23.0 Å². The molecule has 17 nitrogen and oxygen atoms in total. The van der Waals surface area contributed by atoms with Gasteiger partial charge in [-0.3, -0.25) is 14.4 Å². The lowest BCUT2D eigenvalue weighted by Crippen LogP contribution is -2.39. The number of nitrogens with zero attached hydrogens (tertiary/aromatic N) is 6. The average molecular weight is 1070 g/mol. The van der Waals surface area contributed by atoms with E-state index in [2.05, 4.69) is 76.2 Å². The molecule has 8 aromatic rings. The highest BCUT2D eigenvalue weighted by Gasteiger charge is 2.42. The largest absolute Gasteiger partial charge is 0.493 e. The normalized spacial score (nSPS) is 13.4. The number of ether oxygens (including phenoxy) is 2. The molecule has 2 unspecified atom stereocenters. The molecule has 4 aromatic carbocycles. The Balaban J connectivity index is 0.000000176. The van der Waals surface area contributed by atoms with Crippen molar-refractivity contribution in [3.63, 3.8) is 0 Å². The Morgan fingerprint density at radius 2 is 0.987 bits per heavy atom. The van der Waals surface area contributed by atoms with Gasteiger partial charge in [-0.2, -0.15) is 0 Å². The Hall–Kier alpha value is -8.93. The average Bonchev–Trinajstić information content (AvgIpc) is 4.26. The van der Waals surface area contributed by atoms with Crippen LogP contribution in [-0.2, 0) is 37.4 Å². The standard InChI is InChI=1S/C20H20O3.2C19H21N3O.C4H6O6/c1-20(2)15-12-18(23-4)17(22-3)11-14(15)19(21)16(20)10-13-8-6-5-7-9-13;2*1-13-5-8-15(9-6-13)19-16(11-18(23)21(3)4)22-12-14(2)7-10-17(22)20-19;5-1(3(7)8)2(6)4(9)10/h5-12H,1-4H3;2*5-10,12H,11H2,1-4H3;1-2,5-6H,(H,7,8)(H,9,10)/b16-10+;;;. The zero-order chi connectivity index (χ0) is 58.0. The van der Waals surface area contributed by atoms with E-state index >= 15 is 0 Å². The molecule has 1 aliphatic rings. The van der Waals surface area contributed by atoms with E-state index in [0.717, 1.165) is 73.0 Å². The van der Waals surface area contributed by atoms with Crippen LogP contribution in [0.25, 0.3) is 39.9 Å². The third kappa shape index (κ3) is 14.0. The van der Waals surface area contributed by atoms with Gasteiger partial charge in [-0.15, -0.1) is 0 Å². The topological polar surface area (TPSA) is 226 Å². The number of ketones is 1. The van der Waals surface area contributed by atoms with Crippen molar-refractivity contribution in [2.45, 2.75) is 72.0 Å². The maximum Gasteiger partial charge on any atom is 0.335 e. The van der Waals surface area contributed by atoms with Gasteiger partial charge in [0.15, 0.2) is 29.5 Å². The fourth-order valence-corrected chi connectivity index (χ4v) is 8.61. The Bertz CT molecular complexity index is 3380. The minimum atomic E-state index is -2.27. The van der Waals surface area contributed by atoms with E-state index in [1.54, 1.807) is 58.3 Å². The van der Waals surface area contributed by atoms with Gasteiger partial charge in [-0.1, -0.05) is 116 Å². The van der Waals surface area contributed by atoms with Gasteiger partial charge in [-0.05, 0) is 80.3 Å². The first-order chi connectivity index (χ1) is 37.4. The van der Waals surface area contributed by atoms with Crippen LogP contribution in [0.3, 0.4) is 0 Å². The Kier molecular flexibility index (Phi) is 19.1. The van der Waals surface area contributed by atoms with Gasteiger partial charge < -0.3 is 48.5 Å². The summed E-state index contributed by atoms with van der Waals surface area (Å²) in [7, 11) is 10.3. The quantitative estimate of drug-likeness (QED) is 0.0842.